The number of nitrogens with one attached hydrogen (secondary N) is 1. The molecule has 1 amide bonds. The third kappa shape index (κ3) is 4.27. The van der Waals surface area contributed by atoms with Gasteiger partial charge in [0.25, 0.3) is 0 Å². The van der Waals surface area contributed by atoms with Crippen LogP contribution in [0.25, 0.3) is 11.1 Å². The van der Waals surface area contributed by atoms with Gasteiger partial charge in [0.2, 0.25) is 21.9 Å². The Morgan fingerprint density at radius 3 is 2.85 bits per heavy atom. The molecule has 2 aliphatic rings. The number of anilines is 1. The number of rotatable bonds is 3. The smallest absolute Gasteiger partial charge is 0.246 e. The van der Waals surface area contributed by atoms with Gasteiger partial charge in [0, 0.05) is 44.6 Å². The van der Waals surface area contributed by atoms with Gasteiger partial charge in [-0.2, -0.15) is 13.8 Å². The number of benzene rings is 1. The molecule has 2 aliphatic heterocycles. The average molecular weight is 487 g/mol. The molecule has 0 unspecified atom stereocenters. The lowest BCUT2D eigenvalue weighted by Gasteiger charge is -2.39. The largest absolute Gasteiger partial charge is 0.490 e. The van der Waals surface area contributed by atoms with Gasteiger partial charge in [-0.05, 0) is 29.8 Å². The van der Waals surface area contributed by atoms with E-state index in [1.807, 2.05) is 4.90 Å². The van der Waals surface area contributed by atoms with Crippen molar-refractivity contribution in [2.75, 3.05) is 38.1 Å². The first-order chi connectivity index (χ1) is 16.3. The summed E-state index contributed by atoms with van der Waals surface area (Å²) in [5.74, 6) is -0.440. The molecular weight excluding hydrogens is 463 g/mol. The number of sulfonamides is 1. The number of piperazine rings is 1. The molecule has 5 rings (SSSR count). The Hall–Kier alpha value is -3.35. The van der Waals surface area contributed by atoms with Gasteiger partial charge in [0.1, 0.15) is 17.3 Å². The average Bonchev–Trinajstić information content (AvgIpc) is 3.28. The molecule has 178 valence electrons. The molecule has 0 bridgehead atoms. The molecule has 0 spiro atoms. The summed E-state index contributed by atoms with van der Waals surface area (Å²) in [7, 11) is -2.05. The third-order valence-corrected chi connectivity index (χ3v) is 7.81. The van der Waals surface area contributed by atoms with Crippen molar-refractivity contribution < 1.29 is 22.3 Å². The summed E-state index contributed by atoms with van der Waals surface area (Å²) in [4.78, 5) is 18.5. The Morgan fingerprint density at radius 1 is 1.24 bits per heavy atom. The molecule has 1 aromatic carbocycles. The van der Waals surface area contributed by atoms with E-state index >= 15 is 0 Å². The van der Waals surface area contributed by atoms with Crippen molar-refractivity contribution in [1.29, 1.82) is 0 Å². The Morgan fingerprint density at radius 2 is 2.09 bits per heavy atom. The predicted molar refractivity (Wildman–Crippen MR) is 121 cm³/mol. The van der Waals surface area contributed by atoms with Crippen LogP contribution in [0.15, 0.2) is 53.8 Å². The van der Waals surface area contributed by atoms with Crippen LogP contribution >= 0.6 is 0 Å². The standard InChI is InChI=1S/C22H23FN6O4S/c1-27-12-17(10-25-27)34(31,32)29-8-7-28-13-21(30)26-19-9-15(18-3-2-6-24-22(18)23)4-5-20(19)33-14-16(28)11-29/h2-6,9-10,12,16H,7-8,11,13-14H2,1H3,(H,26,30)/t16-/m1/s1. The molecule has 1 saturated heterocycles. The molecule has 2 aromatic heterocycles. The molecule has 4 heterocycles. The van der Waals surface area contributed by atoms with E-state index < -0.39 is 16.0 Å². The molecule has 12 heteroatoms. The number of halogens is 1. The van der Waals surface area contributed by atoms with Crippen LogP contribution in [-0.2, 0) is 21.9 Å². The maximum atomic E-state index is 14.2. The van der Waals surface area contributed by atoms with E-state index in [0.29, 0.717) is 29.1 Å². The van der Waals surface area contributed by atoms with E-state index in [0.717, 1.165) is 0 Å². The molecule has 0 saturated carbocycles. The molecule has 1 atom stereocenters. The first-order valence-corrected chi connectivity index (χ1v) is 12.2. The lowest BCUT2D eigenvalue weighted by molar-refractivity contribution is -0.118. The highest BCUT2D eigenvalue weighted by atomic mass is 32.2. The van der Waals surface area contributed by atoms with Crippen molar-refractivity contribution in [3.8, 4) is 16.9 Å². The van der Waals surface area contributed by atoms with Crippen LogP contribution in [0, 0.1) is 5.95 Å². The molecule has 10 nitrogen and oxygen atoms in total. The molecule has 34 heavy (non-hydrogen) atoms. The van der Waals surface area contributed by atoms with Crippen LogP contribution in [0.5, 0.6) is 5.75 Å². The van der Waals surface area contributed by atoms with Crippen molar-refractivity contribution in [1.82, 2.24) is 24.0 Å². The lowest BCUT2D eigenvalue weighted by Crippen LogP contribution is -2.57. The van der Waals surface area contributed by atoms with Gasteiger partial charge in [-0.25, -0.2) is 13.4 Å². The van der Waals surface area contributed by atoms with E-state index in [4.69, 9.17) is 4.74 Å². The monoisotopic (exact) mass is 486 g/mol. The molecule has 1 N–H and O–H groups in total. The molecule has 1 fully saturated rings. The van der Waals surface area contributed by atoms with Gasteiger partial charge in [-0.15, -0.1) is 0 Å². The van der Waals surface area contributed by atoms with Crippen LogP contribution < -0.4 is 10.1 Å². The maximum Gasteiger partial charge on any atom is 0.246 e. The van der Waals surface area contributed by atoms with Gasteiger partial charge in [-0.3, -0.25) is 14.4 Å². The minimum absolute atomic E-state index is 0.0831. The van der Waals surface area contributed by atoms with E-state index in [9.17, 15) is 17.6 Å². The molecule has 0 aliphatic carbocycles. The van der Waals surface area contributed by atoms with E-state index in [2.05, 4.69) is 15.4 Å². The zero-order valence-corrected chi connectivity index (χ0v) is 19.2. The minimum atomic E-state index is -3.71. The predicted octanol–water partition coefficient (Wildman–Crippen LogP) is 1.33. The van der Waals surface area contributed by atoms with Gasteiger partial charge >= 0.3 is 0 Å². The molecule has 0 radical (unpaired) electrons. The van der Waals surface area contributed by atoms with Crippen LogP contribution in [0.4, 0.5) is 10.1 Å². The number of hydrogen-bond donors (Lipinski definition) is 1. The number of fused-ring (bicyclic) bond motifs is 2. The van der Waals surface area contributed by atoms with Gasteiger partial charge in [0.05, 0.1) is 24.5 Å². The van der Waals surface area contributed by atoms with E-state index in [-0.39, 0.29) is 43.1 Å². The summed E-state index contributed by atoms with van der Waals surface area (Å²) in [6, 6.07) is 7.93. The number of aromatic nitrogens is 3. The van der Waals surface area contributed by atoms with E-state index in [1.165, 1.54) is 27.6 Å². The fraction of sp³-hybridized carbons (Fsp3) is 0.318. The van der Waals surface area contributed by atoms with Crippen molar-refractivity contribution in [3.05, 3.63) is 54.9 Å². The number of ether oxygens (including phenoxy) is 1. The van der Waals surface area contributed by atoms with Gasteiger partial charge in [-0.1, -0.05) is 6.07 Å². The second kappa shape index (κ2) is 8.78. The summed E-state index contributed by atoms with van der Waals surface area (Å²) >= 11 is 0. The highest BCUT2D eigenvalue weighted by Gasteiger charge is 2.36. The minimum Gasteiger partial charge on any atom is -0.490 e. The van der Waals surface area contributed by atoms with Crippen molar-refractivity contribution in [3.63, 3.8) is 0 Å². The first kappa shape index (κ1) is 22.4. The summed E-state index contributed by atoms with van der Waals surface area (Å²) in [6.07, 6.45) is 4.16. The number of carbonyl (C=O) groups is 1. The normalized spacial score (nSPS) is 19.7. The van der Waals surface area contributed by atoms with Crippen molar-refractivity contribution >= 4 is 21.6 Å². The topological polar surface area (TPSA) is 110 Å². The second-order valence-corrected chi connectivity index (χ2v) is 10.2. The van der Waals surface area contributed by atoms with Crippen LogP contribution in [0.2, 0.25) is 0 Å². The Kier molecular flexibility index (Phi) is 5.80. The maximum absolute atomic E-state index is 14.2. The lowest BCUT2D eigenvalue weighted by atomic mass is 10.1. The Labute approximate surface area is 196 Å². The summed E-state index contributed by atoms with van der Waals surface area (Å²) in [5.41, 5.74) is 1.29. The summed E-state index contributed by atoms with van der Waals surface area (Å²) < 4.78 is 49.1. The number of carbonyl (C=O) groups excluding carboxylic acids is 1. The van der Waals surface area contributed by atoms with Crippen molar-refractivity contribution in [2.45, 2.75) is 10.9 Å². The summed E-state index contributed by atoms with van der Waals surface area (Å²) in [6.45, 7) is 1.07. The zero-order valence-electron chi connectivity index (χ0n) is 18.4. The highest BCUT2D eigenvalue weighted by molar-refractivity contribution is 7.89. The van der Waals surface area contributed by atoms with Gasteiger partial charge in [0.15, 0.2) is 0 Å². The first-order valence-electron chi connectivity index (χ1n) is 10.7. The van der Waals surface area contributed by atoms with Crippen LogP contribution in [0.3, 0.4) is 0 Å². The third-order valence-electron chi connectivity index (χ3n) is 5.99. The Bertz CT molecular complexity index is 1340. The number of pyridine rings is 1. The van der Waals surface area contributed by atoms with Gasteiger partial charge < -0.3 is 10.1 Å². The Balaban J connectivity index is 1.39. The molecule has 3 aromatic rings. The van der Waals surface area contributed by atoms with Crippen LogP contribution in [-0.4, -0.2) is 77.1 Å². The SMILES string of the molecule is Cn1cc(S(=O)(=O)N2CCN3CC(=O)Nc4cc(-c5cccnc5F)ccc4OC[C@H]3C2)cn1. The quantitative estimate of drug-likeness (QED) is 0.556. The van der Waals surface area contributed by atoms with E-state index in [1.54, 1.807) is 37.4 Å². The molecular formula is C22H23FN6O4S. The van der Waals surface area contributed by atoms with Crippen LogP contribution in [0.1, 0.15) is 0 Å². The zero-order chi connectivity index (χ0) is 23.9. The number of hydrogen-bond acceptors (Lipinski definition) is 7. The fourth-order valence-electron chi connectivity index (χ4n) is 4.21. The van der Waals surface area contributed by atoms with Crippen molar-refractivity contribution in [2.24, 2.45) is 7.05 Å². The number of nitrogens with zero attached hydrogens (tertiary/aromatic N) is 5. The second-order valence-electron chi connectivity index (χ2n) is 8.25. The number of amides is 1. The fourth-order valence-corrected chi connectivity index (χ4v) is 5.67. The summed E-state index contributed by atoms with van der Waals surface area (Å²) in [5, 5.41) is 6.81. The number of aryl methyl sites for hydroxylation is 1. The highest BCUT2D eigenvalue weighted by Crippen LogP contribution is 2.33.